The smallest absolute Gasteiger partial charge is 0.258 e. The Morgan fingerprint density at radius 1 is 1.14 bits per heavy atom. The number of fused-ring (bicyclic) bond motifs is 1. The van der Waals surface area contributed by atoms with Crippen LogP contribution in [0, 0.1) is 6.92 Å². The molecule has 3 rings (SSSR count). The fraction of sp³-hybridized carbons (Fsp3) is 0.278. The minimum absolute atomic E-state index is 0.0614. The average molecular weight is 281 g/mol. The maximum atomic E-state index is 12.8. The highest BCUT2D eigenvalue weighted by Gasteiger charge is 2.34. The quantitative estimate of drug-likeness (QED) is 0.873. The Hall–Kier alpha value is -2.13. The van der Waals surface area contributed by atoms with Crippen LogP contribution in [0.3, 0.4) is 0 Å². The molecule has 0 saturated carbocycles. The van der Waals surface area contributed by atoms with Gasteiger partial charge < -0.3 is 10.0 Å². The van der Waals surface area contributed by atoms with Crippen molar-refractivity contribution in [1.82, 2.24) is 0 Å². The van der Waals surface area contributed by atoms with Crippen LogP contribution in [0.25, 0.3) is 0 Å². The molecular formula is C18H19NO2. The fourth-order valence-corrected chi connectivity index (χ4v) is 2.84. The van der Waals surface area contributed by atoms with Gasteiger partial charge in [-0.1, -0.05) is 35.9 Å². The van der Waals surface area contributed by atoms with Crippen molar-refractivity contribution in [2.24, 2.45) is 0 Å². The lowest BCUT2D eigenvalue weighted by atomic mass is 9.93. The van der Waals surface area contributed by atoms with E-state index in [1.54, 1.807) is 4.90 Å². The lowest BCUT2D eigenvalue weighted by Gasteiger charge is -2.38. The highest BCUT2D eigenvalue weighted by Crippen LogP contribution is 2.32. The summed E-state index contributed by atoms with van der Waals surface area (Å²) in [4.78, 5) is 14.6. The van der Waals surface area contributed by atoms with E-state index in [0.717, 1.165) is 16.8 Å². The summed E-state index contributed by atoms with van der Waals surface area (Å²) in [7, 11) is 0. The van der Waals surface area contributed by atoms with Crippen LogP contribution in [0.1, 0.15) is 28.4 Å². The number of amides is 1. The first-order valence-corrected chi connectivity index (χ1v) is 7.24. The first kappa shape index (κ1) is 13.8. The second kappa shape index (κ2) is 5.34. The fourth-order valence-electron chi connectivity index (χ4n) is 2.84. The number of aliphatic hydroxyl groups excluding tert-OH is 1. The summed E-state index contributed by atoms with van der Waals surface area (Å²) in [6.07, 6.45) is 0.0592. The lowest BCUT2D eigenvalue weighted by molar-refractivity contribution is 0.0906. The van der Waals surface area contributed by atoms with Crippen molar-refractivity contribution in [2.45, 2.75) is 32.4 Å². The predicted molar refractivity (Wildman–Crippen MR) is 83.6 cm³/mol. The second-order valence-corrected chi connectivity index (χ2v) is 5.68. The van der Waals surface area contributed by atoms with Gasteiger partial charge in [0.2, 0.25) is 0 Å². The number of rotatable bonds is 1. The van der Waals surface area contributed by atoms with Gasteiger partial charge in [-0.3, -0.25) is 4.79 Å². The standard InChI is InChI=1S/C18H19NO2/c1-12-7-9-14(10-8-12)18(21)19-13(2)17(20)11-15-5-3-4-6-16(15)19/h3-10,13,17,20H,11H2,1-2H3/t13-,17-/m1/s1. The summed E-state index contributed by atoms with van der Waals surface area (Å²) in [6, 6.07) is 15.1. The third-order valence-electron chi connectivity index (χ3n) is 4.16. The van der Waals surface area contributed by atoms with Gasteiger partial charge in [0.15, 0.2) is 0 Å². The normalized spacial score (nSPS) is 21.0. The van der Waals surface area contributed by atoms with Gasteiger partial charge in [0.25, 0.3) is 5.91 Å². The van der Waals surface area contributed by atoms with E-state index >= 15 is 0 Å². The molecule has 2 aromatic carbocycles. The number of hydrogen-bond acceptors (Lipinski definition) is 2. The number of aliphatic hydroxyl groups is 1. The summed E-state index contributed by atoms with van der Waals surface area (Å²) in [5.41, 5.74) is 3.69. The van der Waals surface area contributed by atoms with E-state index in [2.05, 4.69) is 0 Å². The molecule has 1 N–H and O–H groups in total. The summed E-state index contributed by atoms with van der Waals surface area (Å²) >= 11 is 0. The number of carbonyl (C=O) groups excluding carboxylic acids is 1. The number of carbonyl (C=O) groups is 1. The van der Waals surface area contributed by atoms with Crippen molar-refractivity contribution >= 4 is 11.6 Å². The molecule has 0 aromatic heterocycles. The molecule has 108 valence electrons. The predicted octanol–water partition coefficient (Wildman–Crippen LogP) is 2.95. The molecule has 0 bridgehead atoms. The summed E-state index contributed by atoms with van der Waals surface area (Å²) in [5.74, 6) is -0.0614. The van der Waals surface area contributed by atoms with Crippen LogP contribution >= 0.6 is 0 Å². The Morgan fingerprint density at radius 2 is 1.81 bits per heavy atom. The Kier molecular flexibility index (Phi) is 3.52. The number of nitrogens with zero attached hydrogens (tertiary/aromatic N) is 1. The molecule has 1 amide bonds. The molecule has 0 fully saturated rings. The van der Waals surface area contributed by atoms with E-state index in [1.165, 1.54) is 0 Å². The third kappa shape index (κ3) is 2.45. The molecule has 0 unspecified atom stereocenters. The molecule has 21 heavy (non-hydrogen) atoms. The number of aryl methyl sites for hydroxylation is 1. The van der Waals surface area contributed by atoms with Crippen LogP contribution in [0.15, 0.2) is 48.5 Å². The Balaban J connectivity index is 2.03. The van der Waals surface area contributed by atoms with E-state index in [0.29, 0.717) is 12.0 Å². The van der Waals surface area contributed by atoms with Crippen LogP contribution in [-0.2, 0) is 6.42 Å². The largest absolute Gasteiger partial charge is 0.391 e. The van der Waals surface area contributed by atoms with Gasteiger partial charge in [0.1, 0.15) is 0 Å². The number of hydrogen-bond donors (Lipinski definition) is 1. The van der Waals surface area contributed by atoms with Crippen molar-refractivity contribution in [2.75, 3.05) is 4.90 Å². The minimum Gasteiger partial charge on any atom is -0.391 e. The minimum atomic E-state index is -0.533. The maximum absolute atomic E-state index is 12.8. The molecule has 0 spiro atoms. The first-order valence-electron chi connectivity index (χ1n) is 7.24. The van der Waals surface area contributed by atoms with Crippen LogP contribution in [0.4, 0.5) is 5.69 Å². The van der Waals surface area contributed by atoms with E-state index < -0.39 is 6.10 Å². The van der Waals surface area contributed by atoms with Gasteiger partial charge in [0.05, 0.1) is 12.1 Å². The van der Waals surface area contributed by atoms with Crippen LogP contribution in [0.2, 0.25) is 0 Å². The number of benzene rings is 2. The van der Waals surface area contributed by atoms with E-state index in [9.17, 15) is 9.90 Å². The van der Waals surface area contributed by atoms with E-state index in [1.807, 2.05) is 62.4 Å². The molecule has 2 atom stereocenters. The van der Waals surface area contributed by atoms with E-state index in [-0.39, 0.29) is 11.9 Å². The second-order valence-electron chi connectivity index (χ2n) is 5.68. The van der Waals surface area contributed by atoms with Crippen molar-refractivity contribution in [3.8, 4) is 0 Å². The van der Waals surface area contributed by atoms with Gasteiger partial charge in [-0.2, -0.15) is 0 Å². The molecule has 2 aromatic rings. The molecule has 0 aliphatic carbocycles. The van der Waals surface area contributed by atoms with Gasteiger partial charge in [-0.25, -0.2) is 0 Å². The van der Waals surface area contributed by atoms with Gasteiger partial charge in [0, 0.05) is 17.7 Å². The molecule has 0 saturated heterocycles. The topological polar surface area (TPSA) is 40.5 Å². The summed E-state index contributed by atoms with van der Waals surface area (Å²) < 4.78 is 0. The molecule has 1 aliphatic heterocycles. The van der Waals surface area contributed by atoms with Gasteiger partial charge in [-0.15, -0.1) is 0 Å². The average Bonchev–Trinajstić information content (AvgIpc) is 2.49. The number of anilines is 1. The molecule has 1 heterocycles. The highest BCUT2D eigenvalue weighted by atomic mass is 16.3. The van der Waals surface area contributed by atoms with Crippen molar-refractivity contribution in [3.05, 3.63) is 65.2 Å². The SMILES string of the molecule is Cc1ccc(C(=O)N2c3ccccc3C[C@@H](O)[C@H]2C)cc1. The molecule has 3 nitrogen and oxygen atoms in total. The zero-order valence-electron chi connectivity index (χ0n) is 12.3. The van der Waals surface area contributed by atoms with Gasteiger partial charge in [-0.05, 0) is 37.6 Å². The monoisotopic (exact) mass is 281 g/mol. The zero-order chi connectivity index (χ0) is 15.0. The molecular weight excluding hydrogens is 262 g/mol. The number of para-hydroxylation sites is 1. The molecule has 3 heteroatoms. The van der Waals surface area contributed by atoms with Crippen LogP contribution < -0.4 is 4.90 Å². The zero-order valence-corrected chi connectivity index (χ0v) is 12.3. The summed E-state index contributed by atoms with van der Waals surface area (Å²) in [5, 5.41) is 10.2. The van der Waals surface area contributed by atoms with Crippen LogP contribution in [-0.4, -0.2) is 23.2 Å². The van der Waals surface area contributed by atoms with E-state index in [4.69, 9.17) is 0 Å². The maximum Gasteiger partial charge on any atom is 0.258 e. The van der Waals surface area contributed by atoms with Gasteiger partial charge >= 0.3 is 0 Å². The third-order valence-corrected chi connectivity index (χ3v) is 4.16. The van der Waals surface area contributed by atoms with Crippen molar-refractivity contribution < 1.29 is 9.90 Å². The summed E-state index contributed by atoms with van der Waals surface area (Å²) in [6.45, 7) is 3.89. The molecule has 0 radical (unpaired) electrons. The first-order chi connectivity index (χ1) is 10.1. The Morgan fingerprint density at radius 3 is 2.52 bits per heavy atom. The van der Waals surface area contributed by atoms with Crippen molar-refractivity contribution in [1.29, 1.82) is 0 Å². The van der Waals surface area contributed by atoms with Crippen molar-refractivity contribution in [3.63, 3.8) is 0 Å². The van der Waals surface area contributed by atoms with Crippen LogP contribution in [0.5, 0.6) is 0 Å². The Bertz CT molecular complexity index is 663. The lowest BCUT2D eigenvalue weighted by Crippen LogP contribution is -2.49. The highest BCUT2D eigenvalue weighted by molar-refractivity contribution is 6.07. The molecule has 1 aliphatic rings. The Labute approximate surface area is 124 Å².